The van der Waals surface area contributed by atoms with Crippen LogP contribution in [0.15, 0.2) is 30.3 Å². The predicted octanol–water partition coefficient (Wildman–Crippen LogP) is 2.24. The first-order valence-corrected chi connectivity index (χ1v) is 4.26. The summed E-state index contributed by atoms with van der Waals surface area (Å²) in [4.78, 5) is 4.58. The highest BCUT2D eigenvalue weighted by Crippen LogP contribution is 2.05. The van der Waals surface area contributed by atoms with E-state index in [-0.39, 0.29) is 0 Å². The lowest BCUT2D eigenvalue weighted by atomic mass is 10.3. The SMILES string of the molecule is CSOONc1ccccc1. The van der Waals surface area contributed by atoms with Crippen molar-refractivity contribution in [2.45, 2.75) is 0 Å². The Labute approximate surface area is 69.8 Å². The number of para-hydroxylation sites is 1. The topological polar surface area (TPSA) is 30.5 Å². The molecule has 11 heavy (non-hydrogen) atoms. The monoisotopic (exact) mass is 171 g/mol. The molecule has 1 N–H and O–H groups in total. The van der Waals surface area contributed by atoms with Crippen LogP contribution in [0.5, 0.6) is 0 Å². The van der Waals surface area contributed by atoms with Crippen LogP contribution < -0.4 is 5.48 Å². The second-order valence-electron chi connectivity index (χ2n) is 1.79. The summed E-state index contributed by atoms with van der Waals surface area (Å²) in [5.74, 6) is 0. The van der Waals surface area contributed by atoms with E-state index in [0.717, 1.165) is 17.7 Å². The lowest BCUT2D eigenvalue weighted by Gasteiger charge is -2.01. The van der Waals surface area contributed by atoms with Gasteiger partial charge in [0.25, 0.3) is 0 Å². The Morgan fingerprint density at radius 3 is 2.64 bits per heavy atom. The van der Waals surface area contributed by atoms with Gasteiger partial charge in [0.05, 0.1) is 5.69 Å². The van der Waals surface area contributed by atoms with E-state index in [1.54, 1.807) is 6.26 Å². The van der Waals surface area contributed by atoms with Gasteiger partial charge in [0.15, 0.2) is 0 Å². The molecule has 0 aromatic heterocycles. The molecule has 0 spiro atoms. The molecule has 0 aliphatic heterocycles. The summed E-state index contributed by atoms with van der Waals surface area (Å²) in [6.45, 7) is 0. The molecule has 0 bridgehead atoms. The standard InChI is InChI=1S/C7H9NO2S/c1-11-10-9-8-7-5-3-2-4-6-7/h2-6,8H,1H3. The molecule has 1 aromatic rings. The summed E-state index contributed by atoms with van der Waals surface area (Å²) in [6.07, 6.45) is 1.77. The maximum absolute atomic E-state index is 4.58. The molecule has 1 aromatic carbocycles. The predicted molar refractivity (Wildman–Crippen MR) is 45.7 cm³/mol. The maximum Gasteiger partial charge on any atom is 0.0635 e. The Kier molecular flexibility index (Phi) is 3.82. The van der Waals surface area contributed by atoms with E-state index in [1.165, 1.54) is 0 Å². The minimum absolute atomic E-state index is 0.863. The van der Waals surface area contributed by atoms with Crippen LogP contribution in [-0.2, 0) is 9.32 Å². The summed E-state index contributed by atoms with van der Waals surface area (Å²) in [7, 11) is 0. The number of rotatable bonds is 4. The van der Waals surface area contributed by atoms with Gasteiger partial charge in [-0.05, 0) is 12.1 Å². The lowest BCUT2D eigenvalue weighted by Crippen LogP contribution is -1.97. The molecular formula is C7H9NO2S. The first kappa shape index (κ1) is 8.39. The van der Waals surface area contributed by atoms with E-state index >= 15 is 0 Å². The Bertz CT molecular complexity index is 193. The Hall–Kier alpha value is -0.710. The fraction of sp³-hybridized carbons (Fsp3) is 0.143. The van der Waals surface area contributed by atoms with Gasteiger partial charge in [-0.25, -0.2) is 5.48 Å². The number of hydrogen-bond donors (Lipinski definition) is 1. The highest BCUT2D eigenvalue weighted by Gasteiger charge is 1.87. The number of hydrogen-bond acceptors (Lipinski definition) is 4. The number of anilines is 1. The quantitative estimate of drug-likeness (QED) is 0.326. The molecule has 0 saturated carbocycles. The second-order valence-corrected chi connectivity index (χ2v) is 2.26. The zero-order valence-corrected chi connectivity index (χ0v) is 6.93. The molecule has 0 fully saturated rings. The smallest absolute Gasteiger partial charge is 0.0635 e. The van der Waals surface area contributed by atoms with Crippen molar-refractivity contribution in [2.75, 3.05) is 11.7 Å². The summed E-state index contributed by atoms with van der Waals surface area (Å²) in [5.41, 5.74) is 3.47. The zero-order valence-electron chi connectivity index (χ0n) is 6.11. The fourth-order valence-electron chi connectivity index (χ4n) is 0.605. The highest BCUT2D eigenvalue weighted by atomic mass is 32.2. The van der Waals surface area contributed by atoms with Crippen molar-refractivity contribution in [3.8, 4) is 0 Å². The van der Waals surface area contributed by atoms with Crippen molar-refractivity contribution < 1.29 is 9.32 Å². The van der Waals surface area contributed by atoms with E-state index < -0.39 is 0 Å². The largest absolute Gasteiger partial charge is 0.234 e. The van der Waals surface area contributed by atoms with Crippen molar-refractivity contribution in [1.29, 1.82) is 0 Å². The van der Waals surface area contributed by atoms with Crippen LogP contribution in [0, 0.1) is 0 Å². The van der Waals surface area contributed by atoms with Crippen LogP contribution in [0.4, 0.5) is 5.69 Å². The van der Waals surface area contributed by atoms with Gasteiger partial charge < -0.3 is 0 Å². The van der Waals surface area contributed by atoms with Gasteiger partial charge in [0.1, 0.15) is 0 Å². The maximum atomic E-state index is 4.58. The van der Waals surface area contributed by atoms with Crippen LogP contribution in [-0.4, -0.2) is 6.26 Å². The fourth-order valence-corrected chi connectivity index (χ4v) is 0.707. The Morgan fingerprint density at radius 1 is 1.27 bits per heavy atom. The number of benzene rings is 1. The van der Waals surface area contributed by atoms with Gasteiger partial charge in [-0.1, -0.05) is 18.2 Å². The van der Waals surface area contributed by atoms with Crippen molar-refractivity contribution in [1.82, 2.24) is 0 Å². The third kappa shape index (κ3) is 3.27. The molecule has 0 atom stereocenters. The molecule has 0 aliphatic carbocycles. The Morgan fingerprint density at radius 2 is 2.00 bits per heavy atom. The average molecular weight is 171 g/mol. The van der Waals surface area contributed by atoms with Crippen molar-refractivity contribution in [3.63, 3.8) is 0 Å². The summed E-state index contributed by atoms with van der Waals surface area (Å²) in [6, 6.07) is 9.50. The summed E-state index contributed by atoms with van der Waals surface area (Å²) < 4.78 is 4.54. The van der Waals surface area contributed by atoms with Gasteiger partial charge >= 0.3 is 0 Å². The van der Waals surface area contributed by atoms with Crippen LogP contribution in [0.1, 0.15) is 0 Å². The van der Waals surface area contributed by atoms with Crippen molar-refractivity contribution >= 4 is 17.7 Å². The van der Waals surface area contributed by atoms with E-state index in [4.69, 9.17) is 0 Å². The zero-order chi connectivity index (χ0) is 7.94. The molecule has 4 heteroatoms. The highest BCUT2D eigenvalue weighted by molar-refractivity contribution is 7.93. The van der Waals surface area contributed by atoms with E-state index in [9.17, 15) is 0 Å². The molecule has 60 valence electrons. The molecule has 0 radical (unpaired) electrons. The molecule has 3 nitrogen and oxygen atoms in total. The molecule has 0 aliphatic rings. The first-order chi connectivity index (χ1) is 5.43. The van der Waals surface area contributed by atoms with Gasteiger partial charge in [-0.15, -0.1) is 9.32 Å². The molecule has 1 rings (SSSR count). The molecule has 0 heterocycles. The third-order valence-corrected chi connectivity index (χ3v) is 1.24. The summed E-state index contributed by atoms with van der Waals surface area (Å²) in [5, 5.41) is 0. The van der Waals surface area contributed by atoms with Gasteiger partial charge in [-0.3, -0.25) is 0 Å². The van der Waals surface area contributed by atoms with Crippen molar-refractivity contribution in [2.24, 2.45) is 0 Å². The molecule has 0 saturated heterocycles. The third-order valence-electron chi connectivity index (χ3n) is 1.04. The van der Waals surface area contributed by atoms with E-state index in [1.807, 2.05) is 30.3 Å². The number of nitrogens with one attached hydrogen (secondary N) is 1. The van der Waals surface area contributed by atoms with Gasteiger partial charge in [0.2, 0.25) is 0 Å². The van der Waals surface area contributed by atoms with Crippen LogP contribution in [0.2, 0.25) is 0 Å². The molecular weight excluding hydrogens is 162 g/mol. The van der Waals surface area contributed by atoms with Crippen LogP contribution in [0.3, 0.4) is 0 Å². The first-order valence-electron chi connectivity index (χ1n) is 3.11. The van der Waals surface area contributed by atoms with Crippen LogP contribution >= 0.6 is 12.0 Å². The minimum Gasteiger partial charge on any atom is -0.234 e. The van der Waals surface area contributed by atoms with Crippen molar-refractivity contribution in [3.05, 3.63) is 30.3 Å². The van der Waals surface area contributed by atoms with Gasteiger partial charge in [0, 0.05) is 18.3 Å². The Balaban J connectivity index is 2.28. The van der Waals surface area contributed by atoms with E-state index in [0.29, 0.717) is 0 Å². The normalized spacial score (nSPS) is 9.55. The molecule has 0 unspecified atom stereocenters. The average Bonchev–Trinajstić information content (AvgIpc) is 2.07. The lowest BCUT2D eigenvalue weighted by molar-refractivity contribution is -0.160. The second kappa shape index (κ2) is 5.01. The van der Waals surface area contributed by atoms with E-state index in [2.05, 4.69) is 14.8 Å². The van der Waals surface area contributed by atoms with Gasteiger partial charge in [-0.2, -0.15) is 0 Å². The minimum atomic E-state index is 0.863. The van der Waals surface area contributed by atoms with Crippen LogP contribution in [0.25, 0.3) is 0 Å². The summed E-state index contributed by atoms with van der Waals surface area (Å²) >= 11 is 1.14. The molecule has 0 amide bonds.